The topological polar surface area (TPSA) is 75.7 Å². The molecule has 1 fully saturated rings. The summed E-state index contributed by atoms with van der Waals surface area (Å²) in [5.41, 5.74) is 1.24. The number of nitrogens with one attached hydrogen (secondary N) is 1. The van der Waals surface area contributed by atoms with E-state index in [0.29, 0.717) is 32.6 Å². The minimum absolute atomic E-state index is 0.0792. The van der Waals surface area contributed by atoms with Crippen molar-refractivity contribution in [1.29, 1.82) is 0 Å². The maximum Gasteiger partial charge on any atom is 0.223 e. The molecule has 0 atom stereocenters. The zero-order valence-electron chi connectivity index (χ0n) is 16.8. The van der Waals surface area contributed by atoms with Gasteiger partial charge in [0.15, 0.2) is 0 Å². The summed E-state index contributed by atoms with van der Waals surface area (Å²) in [6, 6.07) is 15.7. The zero-order chi connectivity index (χ0) is 21.4. The highest BCUT2D eigenvalue weighted by Crippen LogP contribution is 2.22. The molecule has 0 radical (unpaired) electrons. The highest BCUT2D eigenvalue weighted by molar-refractivity contribution is 7.88. The summed E-state index contributed by atoms with van der Waals surface area (Å²) in [7, 11) is -3.62. The first-order valence-electron chi connectivity index (χ1n) is 10.1. The van der Waals surface area contributed by atoms with Gasteiger partial charge in [-0.05, 0) is 24.5 Å². The summed E-state index contributed by atoms with van der Waals surface area (Å²) in [5.74, 6) is -1.19. The Morgan fingerprint density at radius 1 is 1.07 bits per heavy atom. The maximum absolute atomic E-state index is 13.8. The molecule has 8 heteroatoms. The van der Waals surface area contributed by atoms with Gasteiger partial charge in [-0.1, -0.05) is 48.5 Å². The molecule has 0 saturated carbocycles. The highest BCUT2D eigenvalue weighted by Gasteiger charge is 2.31. The van der Waals surface area contributed by atoms with Crippen LogP contribution in [0.5, 0.6) is 0 Å². The summed E-state index contributed by atoms with van der Waals surface area (Å²) in [6.45, 7) is 1.85. The van der Waals surface area contributed by atoms with Gasteiger partial charge in [0.05, 0.1) is 19.0 Å². The number of amides is 1. The van der Waals surface area contributed by atoms with E-state index in [1.165, 1.54) is 22.5 Å². The standard InChI is InChI=1S/C22H27FN2O4S/c23-21-9-5-4-8-20(21)17-30(27,28)25-13-10-19(11-14-25)22(26)24-12-15-29-16-18-6-2-1-3-7-18/h1-9,19H,10-17H2,(H,24,26). The molecule has 0 spiro atoms. The Bertz CT molecular complexity index is 929. The first-order chi connectivity index (χ1) is 14.5. The predicted octanol–water partition coefficient (Wildman–Crippen LogP) is 2.70. The number of carbonyl (C=O) groups is 1. The van der Waals surface area contributed by atoms with Crippen molar-refractivity contribution in [1.82, 2.24) is 9.62 Å². The van der Waals surface area contributed by atoms with Crippen LogP contribution in [-0.2, 0) is 31.9 Å². The van der Waals surface area contributed by atoms with Gasteiger partial charge in [0, 0.05) is 31.1 Å². The number of ether oxygens (including phenoxy) is 1. The van der Waals surface area contributed by atoms with Gasteiger partial charge in [-0.3, -0.25) is 4.79 Å². The molecular formula is C22H27FN2O4S. The Hall–Kier alpha value is -2.29. The average Bonchev–Trinajstić information content (AvgIpc) is 2.76. The van der Waals surface area contributed by atoms with Crippen molar-refractivity contribution in [3.8, 4) is 0 Å². The molecule has 2 aromatic carbocycles. The molecule has 6 nitrogen and oxygen atoms in total. The van der Waals surface area contributed by atoms with Crippen LogP contribution < -0.4 is 5.32 Å². The van der Waals surface area contributed by atoms with Crippen molar-refractivity contribution < 1.29 is 22.3 Å². The Balaban J connectivity index is 1.38. The van der Waals surface area contributed by atoms with Crippen LogP contribution >= 0.6 is 0 Å². The van der Waals surface area contributed by atoms with Crippen LogP contribution in [0.3, 0.4) is 0 Å². The lowest BCUT2D eigenvalue weighted by Crippen LogP contribution is -2.43. The lowest BCUT2D eigenvalue weighted by molar-refractivity contribution is -0.126. The molecule has 2 aromatic rings. The predicted molar refractivity (Wildman–Crippen MR) is 112 cm³/mol. The first kappa shape index (κ1) is 22.4. The average molecular weight is 435 g/mol. The molecular weight excluding hydrogens is 407 g/mol. The second kappa shape index (κ2) is 10.7. The van der Waals surface area contributed by atoms with E-state index in [1.54, 1.807) is 6.07 Å². The smallest absolute Gasteiger partial charge is 0.223 e. The molecule has 0 bridgehead atoms. The fourth-order valence-electron chi connectivity index (χ4n) is 3.45. The largest absolute Gasteiger partial charge is 0.375 e. The van der Waals surface area contributed by atoms with Crippen molar-refractivity contribution in [2.24, 2.45) is 5.92 Å². The number of piperidine rings is 1. The summed E-state index contributed by atoms with van der Waals surface area (Å²) < 4.78 is 45.9. The molecule has 1 aliphatic rings. The number of carbonyl (C=O) groups excluding carboxylic acids is 1. The van der Waals surface area contributed by atoms with Gasteiger partial charge in [-0.2, -0.15) is 0 Å². The van der Waals surface area contributed by atoms with Crippen molar-refractivity contribution in [3.63, 3.8) is 0 Å². The van der Waals surface area contributed by atoms with Crippen molar-refractivity contribution in [2.45, 2.75) is 25.2 Å². The van der Waals surface area contributed by atoms with E-state index in [4.69, 9.17) is 4.74 Å². The molecule has 1 N–H and O–H groups in total. The minimum atomic E-state index is -3.62. The summed E-state index contributed by atoms with van der Waals surface area (Å²) in [5, 5.41) is 2.86. The van der Waals surface area contributed by atoms with E-state index in [0.717, 1.165) is 5.56 Å². The number of benzene rings is 2. The van der Waals surface area contributed by atoms with E-state index in [1.807, 2.05) is 30.3 Å². The van der Waals surface area contributed by atoms with Gasteiger partial charge >= 0.3 is 0 Å². The van der Waals surface area contributed by atoms with Crippen molar-refractivity contribution in [2.75, 3.05) is 26.2 Å². The minimum Gasteiger partial charge on any atom is -0.375 e. The quantitative estimate of drug-likeness (QED) is 0.616. The number of sulfonamides is 1. The van der Waals surface area contributed by atoms with Gasteiger partial charge in [-0.25, -0.2) is 17.1 Å². The highest BCUT2D eigenvalue weighted by atomic mass is 32.2. The van der Waals surface area contributed by atoms with Crippen molar-refractivity contribution in [3.05, 3.63) is 71.5 Å². The van der Waals surface area contributed by atoms with Gasteiger partial charge in [-0.15, -0.1) is 0 Å². The summed E-state index contributed by atoms with van der Waals surface area (Å²) >= 11 is 0. The van der Waals surface area contributed by atoms with Crippen LogP contribution in [0.4, 0.5) is 4.39 Å². The van der Waals surface area contributed by atoms with Gasteiger partial charge < -0.3 is 10.1 Å². The van der Waals surface area contributed by atoms with Crippen LogP contribution in [0, 0.1) is 11.7 Å². The SMILES string of the molecule is O=C(NCCOCc1ccccc1)C1CCN(S(=O)(=O)Cc2ccccc2F)CC1. The van der Waals surface area contributed by atoms with E-state index < -0.39 is 15.8 Å². The van der Waals surface area contributed by atoms with Gasteiger partial charge in [0.25, 0.3) is 0 Å². The van der Waals surface area contributed by atoms with Crippen LogP contribution in [0.2, 0.25) is 0 Å². The molecule has 162 valence electrons. The fourth-order valence-corrected chi connectivity index (χ4v) is 5.03. The Morgan fingerprint density at radius 3 is 2.43 bits per heavy atom. The maximum atomic E-state index is 13.8. The second-order valence-corrected chi connectivity index (χ2v) is 9.32. The molecule has 0 aliphatic carbocycles. The number of rotatable bonds is 9. The summed E-state index contributed by atoms with van der Waals surface area (Å²) in [6.07, 6.45) is 0.903. The third-order valence-electron chi connectivity index (χ3n) is 5.17. The van der Waals surface area contributed by atoms with Crippen LogP contribution in [0.1, 0.15) is 24.0 Å². The van der Waals surface area contributed by atoms with Crippen LogP contribution in [0.15, 0.2) is 54.6 Å². The van der Waals surface area contributed by atoms with E-state index in [2.05, 4.69) is 5.32 Å². The monoisotopic (exact) mass is 434 g/mol. The fraction of sp³-hybridized carbons (Fsp3) is 0.409. The van der Waals surface area contributed by atoms with E-state index >= 15 is 0 Å². The number of hydrogen-bond acceptors (Lipinski definition) is 4. The molecule has 0 unspecified atom stereocenters. The molecule has 30 heavy (non-hydrogen) atoms. The number of nitrogens with zero attached hydrogens (tertiary/aromatic N) is 1. The van der Waals surface area contributed by atoms with Crippen LogP contribution in [-0.4, -0.2) is 44.9 Å². The molecule has 3 rings (SSSR count). The number of halogens is 1. The zero-order valence-corrected chi connectivity index (χ0v) is 17.6. The van der Waals surface area contributed by atoms with Crippen molar-refractivity contribution >= 4 is 15.9 Å². The molecule has 1 heterocycles. The van der Waals surface area contributed by atoms with Gasteiger partial charge in [0.1, 0.15) is 5.82 Å². The van der Waals surface area contributed by atoms with Gasteiger partial charge in [0.2, 0.25) is 15.9 Å². The first-order valence-corrected chi connectivity index (χ1v) is 11.7. The molecule has 1 aliphatic heterocycles. The third-order valence-corrected chi connectivity index (χ3v) is 7.00. The molecule has 0 aromatic heterocycles. The lowest BCUT2D eigenvalue weighted by Gasteiger charge is -2.30. The number of hydrogen-bond donors (Lipinski definition) is 1. The Labute approximate surface area is 177 Å². The Kier molecular flexibility index (Phi) is 7.95. The normalized spacial score (nSPS) is 15.8. The van der Waals surface area contributed by atoms with E-state index in [-0.39, 0.29) is 36.2 Å². The van der Waals surface area contributed by atoms with E-state index in [9.17, 15) is 17.6 Å². The Morgan fingerprint density at radius 2 is 1.73 bits per heavy atom. The molecule has 1 saturated heterocycles. The summed E-state index contributed by atoms with van der Waals surface area (Å²) in [4.78, 5) is 12.3. The second-order valence-electron chi connectivity index (χ2n) is 7.35. The molecule has 1 amide bonds. The van der Waals surface area contributed by atoms with Crippen LogP contribution in [0.25, 0.3) is 0 Å². The third kappa shape index (κ3) is 6.35. The lowest BCUT2D eigenvalue weighted by atomic mass is 9.97.